The fraction of sp³-hybridized carbons (Fsp3) is 0.600. The summed E-state index contributed by atoms with van der Waals surface area (Å²) in [4.78, 5) is 0.251. The first-order valence-corrected chi connectivity index (χ1v) is 8.86. The number of sulfonamides is 1. The second kappa shape index (κ2) is 6.77. The Balaban J connectivity index is 1.95. The van der Waals surface area contributed by atoms with Gasteiger partial charge in [-0.25, -0.2) is 13.1 Å². The van der Waals surface area contributed by atoms with Gasteiger partial charge in [-0.3, -0.25) is 0 Å². The van der Waals surface area contributed by atoms with Crippen LogP contribution in [-0.2, 0) is 14.8 Å². The number of anilines is 1. The molecule has 0 bridgehead atoms. The second-order valence-corrected chi connectivity index (χ2v) is 7.39. The first-order valence-electron chi connectivity index (χ1n) is 7.38. The smallest absolute Gasteiger partial charge is 0.240 e. The Morgan fingerprint density at radius 3 is 2.62 bits per heavy atom. The summed E-state index contributed by atoms with van der Waals surface area (Å²) >= 11 is 0. The summed E-state index contributed by atoms with van der Waals surface area (Å²) in [6.07, 6.45) is 4.88. The van der Waals surface area contributed by atoms with Gasteiger partial charge in [0.15, 0.2) is 0 Å². The third kappa shape index (κ3) is 4.18. The van der Waals surface area contributed by atoms with E-state index < -0.39 is 10.0 Å². The summed E-state index contributed by atoms with van der Waals surface area (Å²) in [5, 5.41) is 0. The van der Waals surface area contributed by atoms with E-state index in [0.717, 1.165) is 18.4 Å². The minimum absolute atomic E-state index is 0.251. The number of hydrogen-bond donors (Lipinski definition) is 2. The molecule has 1 fully saturated rings. The first-order chi connectivity index (χ1) is 9.90. The van der Waals surface area contributed by atoms with Crippen molar-refractivity contribution in [2.45, 2.75) is 50.5 Å². The summed E-state index contributed by atoms with van der Waals surface area (Å²) in [7, 11) is -3.54. The standard InChI is InChI=1S/C15H24N2O3S/c1-11-9-14(16)12(2)15(10-11)21(18,19)17-7-8-20-13-5-3-4-6-13/h9-10,13,17H,3-8,16H2,1-2H3. The third-order valence-corrected chi connectivity index (χ3v) is 5.47. The van der Waals surface area contributed by atoms with Crippen LogP contribution in [0.15, 0.2) is 17.0 Å². The summed E-state index contributed by atoms with van der Waals surface area (Å²) < 4.78 is 32.9. The predicted octanol–water partition coefficient (Wildman–Crippen LogP) is 2.12. The van der Waals surface area contributed by atoms with E-state index in [4.69, 9.17) is 10.5 Å². The van der Waals surface area contributed by atoms with Crippen LogP contribution in [0, 0.1) is 13.8 Å². The van der Waals surface area contributed by atoms with Crippen LogP contribution in [-0.4, -0.2) is 27.7 Å². The normalized spacial score (nSPS) is 16.5. The van der Waals surface area contributed by atoms with Gasteiger partial charge in [-0.05, 0) is 49.9 Å². The molecule has 1 aliphatic carbocycles. The van der Waals surface area contributed by atoms with E-state index in [1.807, 2.05) is 6.92 Å². The topological polar surface area (TPSA) is 81.4 Å². The van der Waals surface area contributed by atoms with Crippen molar-refractivity contribution in [1.29, 1.82) is 0 Å². The van der Waals surface area contributed by atoms with Crippen LogP contribution in [0.25, 0.3) is 0 Å². The lowest BCUT2D eigenvalue weighted by Crippen LogP contribution is -2.29. The van der Waals surface area contributed by atoms with Crippen molar-refractivity contribution in [3.8, 4) is 0 Å². The molecule has 0 unspecified atom stereocenters. The highest BCUT2D eigenvalue weighted by atomic mass is 32.2. The molecule has 0 heterocycles. The number of rotatable bonds is 6. The first kappa shape index (κ1) is 16.3. The van der Waals surface area contributed by atoms with Crippen molar-refractivity contribution in [2.24, 2.45) is 0 Å². The zero-order chi connectivity index (χ0) is 15.5. The van der Waals surface area contributed by atoms with E-state index in [1.54, 1.807) is 19.1 Å². The van der Waals surface area contributed by atoms with Crippen molar-refractivity contribution in [3.63, 3.8) is 0 Å². The predicted molar refractivity (Wildman–Crippen MR) is 83.7 cm³/mol. The fourth-order valence-corrected chi connectivity index (χ4v) is 4.04. The number of hydrogen-bond acceptors (Lipinski definition) is 4. The van der Waals surface area contributed by atoms with Gasteiger partial charge in [0, 0.05) is 12.2 Å². The molecule has 0 saturated heterocycles. The molecule has 21 heavy (non-hydrogen) atoms. The lowest BCUT2D eigenvalue weighted by molar-refractivity contribution is 0.0626. The average molecular weight is 312 g/mol. The molecule has 0 atom stereocenters. The molecule has 1 aromatic carbocycles. The molecular formula is C15H24N2O3S. The lowest BCUT2D eigenvalue weighted by Gasteiger charge is -2.14. The van der Waals surface area contributed by atoms with Crippen molar-refractivity contribution in [2.75, 3.05) is 18.9 Å². The van der Waals surface area contributed by atoms with Crippen LogP contribution >= 0.6 is 0 Å². The van der Waals surface area contributed by atoms with E-state index >= 15 is 0 Å². The molecule has 1 saturated carbocycles. The Morgan fingerprint density at radius 1 is 1.29 bits per heavy atom. The minimum Gasteiger partial charge on any atom is -0.398 e. The van der Waals surface area contributed by atoms with Gasteiger partial charge in [-0.15, -0.1) is 0 Å². The van der Waals surface area contributed by atoms with Crippen molar-refractivity contribution >= 4 is 15.7 Å². The molecule has 0 aromatic heterocycles. The molecule has 1 aromatic rings. The molecule has 5 nitrogen and oxygen atoms in total. The van der Waals surface area contributed by atoms with Crippen molar-refractivity contribution in [3.05, 3.63) is 23.3 Å². The maximum Gasteiger partial charge on any atom is 0.240 e. The van der Waals surface area contributed by atoms with Gasteiger partial charge in [-0.1, -0.05) is 12.8 Å². The Morgan fingerprint density at radius 2 is 1.95 bits per heavy atom. The Bertz CT molecular complexity index is 593. The fourth-order valence-electron chi connectivity index (χ4n) is 2.67. The quantitative estimate of drug-likeness (QED) is 0.623. The molecule has 6 heteroatoms. The van der Waals surface area contributed by atoms with Crippen LogP contribution in [0.3, 0.4) is 0 Å². The third-order valence-electron chi connectivity index (χ3n) is 3.88. The highest BCUT2D eigenvalue weighted by Gasteiger charge is 2.19. The van der Waals surface area contributed by atoms with Crippen LogP contribution in [0.5, 0.6) is 0 Å². The molecule has 0 amide bonds. The number of benzene rings is 1. The molecular weight excluding hydrogens is 288 g/mol. The van der Waals surface area contributed by atoms with E-state index in [9.17, 15) is 8.42 Å². The van der Waals surface area contributed by atoms with Gasteiger partial charge in [-0.2, -0.15) is 0 Å². The molecule has 0 aliphatic heterocycles. The van der Waals surface area contributed by atoms with Gasteiger partial charge >= 0.3 is 0 Å². The molecule has 118 valence electrons. The largest absolute Gasteiger partial charge is 0.398 e. The van der Waals surface area contributed by atoms with E-state index in [-0.39, 0.29) is 11.4 Å². The lowest BCUT2D eigenvalue weighted by atomic mass is 10.1. The minimum atomic E-state index is -3.54. The molecule has 0 spiro atoms. The van der Waals surface area contributed by atoms with E-state index in [1.165, 1.54) is 12.8 Å². The Kier molecular flexibility index (Phi) is 5.24. The van der Waals surface area contributed by atoms with Crippen molar-refractivity contribution < 1.29 is 13.2 Å². The second-order valence-electron chi connectivity index (χ2n) is 5.65. The van der Waals surface area contributed by atoms with E-state index in [2.05, 4.69) is 4.72 Å². The maximum atomic E-state index is 12.3. The molecule has 1 aliphatic rings. The highest BCUT2D eigenvalue weighted by Crippen LogP contribution is 2.23. The van der Waals surface area contributed by atoms with Gasteiger partial charge in [0.05, 0.1) is 17.6 Å². The number of nitrogen functional groups attached to an aromatic ring is 1. The van der Waals surface area contributed by atoms with Gasteiger partial charge in [0.25, 0.3) is 0 Å². The van der Waals surface area contributed by atoms with Gasteiger partial charge in [0.2, 0.25) is 10.0 Å². The highest BCUT2D eigenvalue weighted by molar-refractivity contribution is 7.89. The maximum absolute atomic E-state index is 12.3. The number of nitrogens with two attached hydrogens (primary N) is 1. The monoisotopic (exact) mass is 312 g/mol. The Hall–Kier alpha value is -1.11. The number of nitrogens with one attached hydrogen (secondary N) is 1. The SMILES string of the molecule is Cc1cc(N)c(C)c(S(=O)(=O)NCCOC2CCCC2)c1. The molecule has 0 radical (unpaired) electrons. The molecule has 3 N–H and O–H groups in total. The summed E-state index contributed by atoms with van der Waals surface area (Å²) in [5.74, 6) is 0. The number of aryl methyl sites for hydroxylation is 1. The summed E-state index contributed by atoms with van der Waals surface area (Å²) in [5.41, 5.74) is 7.76. The molecule has 2 rings (SSSR count). The van der Waals surface area contributed by atoms with Gasteiger partial charge < -0.3 is 10.5 Å². The Labute approximate surface area is 126 Å². The average Bonchev–Trinajstić information content (AvgIpc) is 2.92. The van der Waals surface area contributed by atoms with Crippen LogP contribution in [0.4, 0.5) is 5.69 Å². The van der Waals surface area contributed by atoms with E-state index in [0.29, 0.717) is 24.0 Å². The zero-order valence-electron chi connectivity index (χ0n) is 12.7. The summed E-state index contributed by atoms with van der Waals surface area (Å²) in [6, 6.07) is 3.42. The van der Waals surface area contributed by atoms with Crippen LogP contribution in [0.1, 0.15) is 36.8 Å². The summed E-state index contributed by atoms with van der Waals surface area (Å²) in [6.45, 7) is 4.24. The van der Waals surface area contributed by atoms with Gasteiger partial charge in [0.1, 0.15) is 0 Å². The van der Waals surface area contributed by atoms with Crippen LogP contribution < -0.4 is 10.5 Å². The van der Waals surface area contributed by atoms with Crippen LogP contribution in [0.2, 0.25) is 0 Å². The van der Waals surface area contributed by atoms with Crippen molar-refractivity contribution in [1.82, 2.24) is 4.72 Å². The zero-order valence-corrected chi connectivity index (χ0v) is 13.5. The number of ether oxygens (including phenoxy) is 1.